The molecule has 0 spiro atoms. The zero-order valence-electron chi connectivity index (χ0n) is 12.5. The Morgan fingerprint density at radius 1 is 1.48 bits per heavy atom. The number of rotatable bonds is 6. The molecule has 0 radical (unpaired) electrons. The maximum Gasteiger partial charge on any atom is 0.244 e. The van der Waals surface area contributed by atoms with Crippen molar-refractivity contribution in [1.29, 1.82) is 0 Å². The third-order valence-electron chi connectivity index (χ3n) is 3.32. The van der Waals surface area contributed by atoms with Gasteiger partial charge < -0.3 is 9.15 Å². The Balaban J connectivity index is 2.18. The summed E-state index contributed by atoms with van der Waals surface area (Å²) < 4.78 is 39.4. The summed E-state index contributed by atoms with van der Waals surface area (Å²) in [6.07, 6.45) is 1.04. The molecule has 1 unspecified atom stereocenters. The molecule has 0 fully saturated rings. The number of hydrogen-bond donors (Lipinski definition) is 1. The fourth-order valence-corrected chi connectivity index (χ4v) is 3.64. The largest absolute Gasteiger partial charge is 0.467 e. The Labute approximate surface area is 124 Å². The maximum absolute atomic E-state index is 12.4. The first kappa shape index (κ1) is 15.7. The van der Waals surface area contributed by atoms with Crippen molar-refractivity contribution >= 4 is 10.0 Å². The minimum absolute atomic E-state index is 0.0835. The lowest BCUT2D eigenvalue weighted by atomic mass is 10.3. The first-order valence-corrected chi connectivity index (χ1v) is 7.91. The molecule has 0 aliphatic heterocycles. The van der Waals surface area contributed by atoms with Crippen LogP contribution in [0.1, 0.15) is 23.3 Å². The number of ether oxygens (including phenoxy) is 1. The van der Waals surface area contributed by atoms with Gasteiger partial charge in [-0.15, -0.1) is 0 Å². The molecule has 21 heavy (non-hydrogen) atoms. The molecular formula is C13H19N3O4S. The van der Waals surface area contributed by atoms with Crippen molar-refractivity contribution in [3.05, 3.63) is 35.5 Å². The van der Waals surface area contributed by atoms with Gasteiger partial charge in [0.1, 0.15) is 16.8 Å². The zero-order chi connectivity index (χ0) is 15.6. The van der Waals surface area contributed by atoms with Gasteiger partial charge in [0.15, 0.2) is 0 Å². The lowest BCUT2D eigenvalue weighted by molar-refractivity contribution is 0.0878. The number of aromatic nitrogens is 2. The number of aryl methyl sites for hydroxylation is 2. The third kappa shape index (κ3) is 3.17. The van der Waals surface area contributed by atoms with Crippen LogP contribution in [0.3, 0.4) is 0 Å². The van der Waals surface area contributed by atoms with Crippen molar-refractivity contribution in [1.82, 2.24) is 14.5 Å². The number of nitrogens with zero attached hydrogens (tertiary/aromatic N) is 2. The van der Waals surface area contributed by atoms with E-state index in [1.54, 1.807) is 37.7 Å². The lowest BCUT2D eigenvalue weighted by Gasteiger charge is -2.14. The van der Waals surface area contributed by atoms with E-state index >= 15 is 0 Å². The summed E-state index contributed by atoms with van der Waals surface area (Å²) in [7, 11) is -0.439. The highest BCUT2D eigenvalue weighted by Gasteiger charge is 2.25. The number of nitrogens with one attached hydrogen (secondary N) is 1. The van der Waals surface area contributed by atoms with Gasteiger partial charge in [0.05, 0.1) is 17.7 Å². The molecule has 0 bridgehead atoms. The lowest BCUT2D eigenvalue weighted by Crippen LogP contribution is -2.29. The Morgan fingerprint density at radius 2 is 2.19 bits per heavy atom. The molecule has 0 amide bonds. The Morgan fingerprint density at radius 3 is 2.67 bits per heavy atom. The van der Waals surface area contributed by atoms with Gasteiger partial charge in [-0.25, -0.2) is 13.1 Å². The third-order valence-corrected chi connectivity index (χ3v) is 4.99. The second-order valence-electron chi connectivity index (χ2n) is 4.72. The molecule has 2 aromatic rings. The van der Waals surface area contributed by atoms with Crippen LogP contribution in [0.4, 0.5) is 0 Å². The van der Waals surface area contributed by atoms with Gasteiger partial charge in [-0.05, 0) is 26.0 Å². The van der Waals surface area contributed by atoms with Crippen LogP contribution in [0.25, 0.3) is 0 Å². The molecule has 0 aliphatic carbocycles. The molecule has 2 aromatic heterocycles. The topological polar surface area (TPSA) is 86.4 Å². The number of methoxy groups -OCH3 is 1. The smallest absolute Gasteiger partial charge is 0.244 e. The van der Waals surface area contributed by atoms with Crippen LogP contribution in [0.2, 0.25) is 0 Å². The van der Waals surface area contributed by atoms with E-state index in [2.05, 4.69) is 9.82 Å². The molecule has 1 atom stereocenters. The number of sulfonamides is 1. The summed E-state index contributed by atoms with van der Waals surface area (Å²) in [6, 6.07) is 3.47. The van der Waals surface area contributed by atoms with E-state index in [0.29, 0.717) is 17.1 Å². The van der Waals surface area contributed by atoms with Gasteiger partial charge in [0, 0.05) is 20.7 Å². The quantitative estimate of drug-likeness (QED) is 0.868. The minimum Gasteiger partial charge on any atom is -0.467 e. The van der Waals surface area contributed by atoms with E-state index in [0.717, 1.165) is 0 Å². The second-order valence-corrected chi connectivity index (χ2v) is 6.42. The molecule has 1 N–H and O–H groups in total. The zero-order valence-corrected chi connectivity index (χ0v) is 13.3. The maximum atomic E-state index is 12.4. The van der Waals surface area contributed by atoms with Crippen molar-refractivity contribution in [3.8, 4) is 0 Å². The van der Waals surface area contributed by atoms with Crippen molar-refractivity contribution in [2.24, 2.45) is 7.05 Å². The van der Waals surface area contributed by atoms with Crippen LogP contribution in [-0.4, -0.2) is 31.9 Å². The summed E-state index contributed by atoms with van der Waals surface area (Å²) in [4.78, 5) is 0.208. The predicted octanol–water partition coefficient (Wildman–Crippen LogP) is 1.30. The molecule has 7 nitrogen and oxygen atoms in total. The van der Waals surface area contributed by atoms with E-state index in [9.17, 15) is 8.42 Å². The molecule has 0 saturated carbocycles. The van der Waals surface area contributed by atoms with Gasteiger partial charge in [-0.2, -0.15) is 5.10 Å². The van der Waals surface area contributed by atoms with Gasteiger partial charge in [-0.1, -0.05) is 0 Å². The van der Waals surface area contributed by atoms with Crippen LogP contribution < -0.4 is 4.72 Å². The molecule has 116 valence electrons. The Hall–Kier alpha value is -1.64. The first-order chi connectivity index (χ1) is 9.86. The minimum atomic E-state index is -3.65. The van der Waals surface area contributed by atoms with Crippen molar-refractivity contribution in [2.75, 3.05) is 13.7 Å². The average molecular weight is 313 g/mol. The molecule has 2 rings (SSSR count). The molecule has 0 aliphatic rings. The average Bonchev–Trinajstić information content (AvgIpc) is 3.00. The van der Waals surface area contributed by atoms with Crippen molar-refractivity contribution < 1.29 is 17.6 Å². The molecule has 8 heteroatoms. The van der Waals surface area contributed by atoms with Gasteiger partial charge in [0.2, 0.25) is 10.0 Å². The van der Waals surface area contributed by atoms with Gasteiger partial charge >= 0.3 is 0 Å². The fourth-order valence-electron chi connectivity index (χ4n) is 2.18. The molecule has 0 saturated heterocycles. The monoisotopic (exact) mass is 313 g/mol. The van der Waals surface area contributed by atoms with Gasteiger partial charge in [-0.3, -0.25) is 4.68 Å². The standard InChI is InChI=1S/C13H19N3O4S/c1-9-13(10(2)16(3)15-9)21(17,18)14-8-12(19-4)11-6-5-7-20-11/h5-7,12,14H,8H2,1-4H3. The summed E-state index contributed by atoms with van der Waals surface area (Å²) >= 11 is 0. The van der Waals surface area contributed by atoms with Crippen LogP contribution in [0.5, 0.6) is 0 Å². The van der Waals surface area contributed by atoms with E-state index in [1.165, 1.54) is 13.4 Å². The SMILES string of the molecule is COC(CNS(=O)(=O)c1c(C)nn(C)c1C)c1ccco1. The van der Waals surface area contributed by atoms with Crippen LogP contribution in [-0.2, 0) is 21.8 Å². The normalized spacial score (nSPS) is 13.5. The second kappa shape index (κ2) is 6.00. The van der Waals surface area contributed by atoms with Crippen molar-refractivity contribution in [2.45, 2.75) is 24.8 Å². The highest BCUT2D eigenvalue weighted by Crippen LogP contribution is 2.20. The summed E-state index contributed by atoms with van der Waals surface area (Å²) in [5.41, 5.74) is 1.06. The summed E-state index contributed by atoms with van der Waals surface area (Å²) in [5, 5.41) is 4.12. The first-order valence-electron chi connectivity index (χ1n) is 6.43. The number of furan rings is 1. The van der Waals surface area contributed by atoms with Crippen LogP contribution in [0, 0.1) is 13.8 Å². The predicted molar refractivity (Wildman–Crippen MR) is 76.3 cm³/mol. The highest BCUT2D eigenvalue weighted by molar-refractivity contribution is 7.89. The Bertz CT molecular complexity index is 704. The molecule has 2 heterocycles. The summed E-state index contributed by atoms with van der Waals surface area (Å²) in [6.45, 7) is 3.47. The van der Waals surface area contributed by atoms with Crippen LogP contribution >= 0.6 is 0 Å². The van der Waals surface area contributed by atoms with E-state index in [4.69, 9.17) is 9.15 Å². The molecular weight excluding hydrogens is 294 g/mol. The van der Waals surface area contributed by atoms with Crippen molar-refractivity contribution in [3.63, 3.8) is 0 Å². The van der Waals surface area contributed by atoms with E-state index < -0.39 is 16.1 Å². The van der Waals surface area contributed by atoms with Gasteiger partial charge in [0.25, 0.3) is 0 Å². The van der Waals surface area contributed by atoms with E-state index in [-0.39, 0.29) is 11.4 Å². The fraction of sp³-hybridized carbons (Fsp3) is 0.462. The van der Waals surface area contributed by atoms with E-state index in [1.807, 2.05) is 0 Å². The summed E-state index contributed by atoms with van der Waals surface area (Å²) in [5.74, 6) is 0.569. The van der Waals surface area contributed by atoms with Crippen LogP contribution in [0.15, 0.2) is 27.7 Å². The number of hydrogen-bond acceptors (Lipinski definition) is 5. The Kier molecular flexibility index (Phi) is 4.50. The molecule has 0 aromatic carbocycles. The highest BCUT2D eigenvalue weighted by atomic mass is 32.2.